The van der Waals surface area contributed by atoms with Crippen molar-refractivity contribution in [1.29, 1.82) is 0 Å². The Hall–Kier alpha value is -1.93. The van der Waals surface area contributed by atoms with Crippen molar-refractivity contribution in [3.63, 3.8) is 0 Å². The van der Waals surface area contributed by atoms with Gasteiger partial charge in [0.2, 0.25) is 10.0 Å². The Labute approximate surface area is 155 Å². The average molecular weight is 400 g/mol. The summed E-state index contributed by atoms with van der Waals surface area (Å²) in [6.07, 6.45) is 1.34. The quantitative estimate of drug-likeness (QED) is 0.578. The van der Waals surface area contributed by atoms with Gasteiger partial charge in [0.25, 0.3) is 5.91 Å². The summed E-state index contributed by atoms with van der Waals surface area (Å²) in [7, 11) is -3.76. The average Bonchev–Trinajstić information content (AvgIpc) is 2.55. The lowest BCUT2D eigenvalue weighted by Gasteiger charge is -2.06. The number of aryl methyl sites for hydroxylation is 1. The number of halogens is 2. The molecular formula is C16H15Cl2N3O3S. The fraction of sp³-hybridized carbons (Fsp3) is 0.125. The van der Waals surface area contributed by atoms with Gasteiger partial charge < -0.3 is 0 Å². The second kappa shape index (κ2) is 8.44. The molecule has 0 saturated carbocycles. The molecular weight excluding hydrogens is 385 g/mol. The van der Waals surface area contributed by atoms with E-state index < -0.39 is 22.5 Å². The molecule has 0 saturated heterocycles. The number of hydrogen-bond acceptors (Lipinski definition) is 4. The van der Waals surface area contributed by atoms with Gasteiger partial charge in [-0.25, -0.2) is 18.6 Å². The van der Waals surface area contributed by atoms with Crippen molar-refractivity contribution < 1.29 is 13.2 Å². The van der Waals surface area contributed by atoms with E-state index >= 15 is 0 Å². The molecule has 6 nitrogen and oxygen atoms in total. The number of carbonyl (C=O) groups is 1. The van der Waals surface area contributed by atoms with Gasteiger partial charge in [0.05, 0.1) is 22.7 Å². The van der Waals surface area contributed by atoms with Gasteiger partial charge in [0.15, 0.2) is 0 Å². The molecule has 0 aromatic heterocycles. The van der Waals surface area contributed by atoms with Crippen molar-refractivity contribution >= 4 is 45.3 Å². The van der Waals surface area contributed by atoms with Crippen LogP contribution in [0.1, 0.15) is 11.1 Å². The van der Waals surface area contributed by atoms with Crippen molar-refractivity contribution in [3.8, 4) is 0 Å². The van der Waals surface area contributed by atoms with E-state index in [1.165, 1.54) is 18.3 Å². The predicted octanol–water partition coefficient (Wildman–Crippen LogP) is 2.73. The van der Waals surface area contributed by atoms with Gasteiger partial charge in [-0.15, -0.1) is 0 Å². The van der Waals surface area contributed by atoms with Crippen LogP contribution in [-0.4, -0.2) is 27.1 Å². The van der Waals surface area contributed by atoms with Crippen LogP contribution in [-0.2, 0) is 14.8 Å². The lowest BCUT2D eigenvalue weighted by molar-refractivity contribution is -0.119. The summed E-state index contributed by atoms with van der Waals surface area (Å²) in [5, 5.41) is 4.59. The fourth-order valence-electron chi connectivity index (χ4n) is 1.78. The standard InChI is InChI=1S/C16H15Cl2N3O3S/c1-11-2-6-14(7-3-11)25(23,24)20-10-16(22)21-19-9-12-4-5-13(17)8-15(12)18/h2-9,20H,10H2,1H3,(H,21,22)/b19-9+. The summed E-state index contributed by atoms with van der Waals surface area (Å²) in [4.78, 5) is 11.8. The van der Waals surface area contributed by atoms with E-state index in [2.05, 4.69) is 15.2 Å². The Morgan fingerprint density at radius 2 is 1.84 bits per heavy atom. The van der Waals surface area contributed by atoms with Crippen LogP contribution in [0.4, 0.5) is 0 Å². The molecule has 0 bridgehead atoms. The molecule has 132 valence electrons. The van der Waals surface area contributed by atoms with Crippen LogP contribution < -0.4 is 10.1 Å². The second-order valence-electron chi connectivity index (χ2n) is 5.10. The van der Waals surface area contributed by atoms with Crippen molar-refractivity contribution in [2.45, 2.75) is 11.8 Å². The number of amides is 1. The molecule has 2 aromatic carbocycles. The Morgan fingerprint density at radius 3 is 2.48 bits per heavy atom. The second-order valence-corrected chi connectivity index (χ2v) is 7.71. The molecule has 0 aliphatic carbocycles. The Morgan fingerprint density at radius 1 is 1.16 bits per heavy atom. The first-order valence-electron chi connectivity index (χ1n) is 7.11. The van der Waals surface area contributed by atoms with E-state index in [1.54, 1.807) is 30.3 Å². The summed E-state index contributed by atoms with van der Waals surface area (Å²) in [5.41, 5.74) is 3.72. The number of hydrazone groups is 1. The molecule has 1 amide bonds. The van der Waals surface area contributed by atoms with Gasteiger partial charge in [-0.3, -0.25) is 4.79 Å². The van der Waals surface area contributed by atoms with E-state index in [9.17, 15) is 13.2 Å². The highest BCUT2D eigenvalue weighted by atomic mass is 35.5. The minimum atomic E-state index is -3.76. The van der Waals surface area contributed by atoms with Crippen LogP contribution >= 0.6 is 23.2 Å². The summed E-state index contributed by atoms with van der Waals surface area (Å²) >= 11 is 11.7. The molecule has 0 spiro atoms. The molecule has 0 fully saturated rings. The normalized spacial score (nSPS) is 11.6. The maximum Gasteiger partial charge on any atom is 0.255 e. The number of benzene rings is 2. The van der Waals surface area contributed by atoms with Gasteiger partial charge in [-0.1, -0.05) is 47.0 Å². The van der Waals surface area contributed by atoms with Crippen LogP contribution in [0.2, 0.25) is 10.0 Å². The third-order valence-corrected chi connectivity index (χ3v) is 5.09. The molecule has 2 N–H and O–H groups in total. The lowest BCUT2D eigenvalue weighted by atomic mass is 10.2. The van der Waals surface area contributed by atoms with E-state index in [0.717, 1.165) is 5.56 Å². The van der Waals surface area contributed by atoms with Gasteiger partial charge in [-0.05, 0) is 31.2 Å². The highest BCUT2D eigenvalue weighted by molar-refractivity contribution is 7.89. The molecule has 0 atom stereocenters. The molecule has 0 aliphatic heterocycles. The predicted molar refractivity (Wildman–Crippen MR) is 98.6 cm³/mol. The van der Waals surface area contributed by atoms with Crippen molar-refractivity contribution in [3.05, 3.63) is 63.6 Å². The Bertz CT molecular complexity index is 897. The van der Waals surface area contributed by atoms with Crippen LogP contribution in [0.5, 0.6) is 0 Å². The first-order valence-corrected chi connectivity index (χ1v) is 9.35. The molecule has 0 unspecified atom stereocenters. The zero-order chi connectivity index (χ0) is 18.4. The third kappa shape index (κ3) is 5.82. The van der Waals surface area contributed by atoms with Crippen molar-refractivity contribution in [1.82, 2.24) is 10.1 Å². The SMILES string of the molecule is Cc1ccc(S(=O)(=O)NCC(=O)N/N=C/c2ccc(Cl)cc2Cl)cc1. The first-order chi connectivity index (χ1) is 11.8. The molecule has 25 heavy (non-hydrogen) atoms. The van der Waals surface area contributed by atoms with Gasteiger partial charge in [0.1, 0.15) is 0 Å². The Kier molecular flexibility index (Phi) is 6.55. The largest absolute Gasteiger partial charge is 0.272 e. The van der Waals surface area contributed by atoms with Crippen LogP contribution in [0.3, 0.4) is 0 Å². The number of nitrogens with zero attached hydrogens (tertiary/aromatic N) is 1. The number of hydrogen-bond donors (Lipinski definition) is 2. The monoisotopic (exact) mass is 399 g/mol. The minimum Gasteiger partial charge on any atom is -0.272 e. The number of sulfonamides is 1. The van der Waals surface area contributed by atoms with Crippen molar-refractivity contribution in [2.75, 3.05) is 6.54 Å². The van der Waals surface area contributed by atoms with Crippen LogP contribution in [0.15, 0.2) is 52.5 Å². The van der Waals surface area contributed by atoms with Gasteiger partial charge >= 0.3 is 0 Å². The highest BCUT2D eigenvalue weighted by Crippen LogP contribution is 2.19. The zero-order valence-corrected chi connectivity index (χ0v) is 15.5. The van der Waals surface area contributed by atoms with Gasteiger partial charge in [-0.2, -0.15) is 5.10 Å². The lowest BCUT2D eigenvalue weighted by Crippen LogP contribution is -2.34. The minimum absolute atomic E-state index is 0.0855. The number of nitrogens with one attached hydrogen (secondary N) is 2. The highest BCUT2D eigenvalue weighted by Gasteiger charge is 2.14. The van der Waals surface area contributed by atoms with E-state index in [0.29, 0.717) is 15.6 Å². The topological polar surface area (TPSA) is 87.6 Å². The molecule has 2 rings (SSSR count). The smallest absolute Gasteiger partial charge is 0.255 e. The maximum absolute atomic E-state index is 12.1. The molecule has 2 aromatic rings. The van der Waals surface area contributed by atoms with Crippen LogP contribution in [0.25, 0.3) is 0 Å². The summed E-state index contributed by atoms with van der Waals surface area (Å²) < 4.78 is 26.3. The number of carbonyl (C=O) groups excluding carboxylic acids is 1. The van der Waals surface area contributed by atoms with Gasteiger partial charge in [0, 0.05) is 10.6 Å². The Balaban J connectivity index is 1.90. The fourth-order valence-corrected chi connectivity index (χ4v) is 3.22. The number of rotatable bonds is 6. The summed E-state index contributed by atoms with van der Waals surface area (Å²) in [6, 6.07) is 11.1. The summed E-state index contributed by atoms with van der Waals surface area (Å²) in [6.45, 7) is 1.41. The van der Waals surface area contributed by atoms with E-state index in [-0.39, 0.29) is 4.90 Å². The zero-order valence-electron chi connectivity index (χ0n) is 13.2. The molecule has 0 radical (unpaired) electrons. The summed E-state index contributed by atoms with van der Waals surface area (Å²) in [5.74, 6) is -0.614. The van der Waals surface area contributed by atoms with Crippen molar-refractivity contribution in [2.24, 2.45) is 5.10 Å². The first kappa shape index (κ1) is 19.4. The third-order valence-electron chi connectivity index (χ3n) is 3.11. The maximum atomic E-state index is 12.1. The van der Waals surface area contributed by atoms with Crippen LogP contribution in [0, 0.1) is 6.92 Å². The van der Waals surface area contributed by atoms with E-state index in [1.807, 2.05) is 6.92 Å². The van der Waals surface area contributed by atoms with E-state index in [4.69, 9.17) is 23.2 Å². The molecule has 0 heterocycles. The molecule has 9 heteroatoms. The molecule has 0 aliphatic rings.